The number of amides is 2. The lowest BCUT2D eigenvalue weighted by atomic mass is 10.1. The van der Waals surface area contributed by atoms with E-state index in [-0.39, 0.29) is 17.2 Å². The summed E-state index contributed by atoms with van der Waals surface area (Å²) >= 11 is 6.10. The van der Waals surface area contributed by atoms with E-state index in [1.54, 1.807) is 34.1 Å². The number of hydrogen-bond donors (Lipinski definition) is 0. The van der Waals surface area contributed by atoms with Crippen molar-refractivity contribution in [2.75, 3.05) is 26.2 Å². The maximum atomic E-state index is 13.3. The average Bonchev–Trinajstić information content (AvgIpc) is 3.24. The predicted octanol–water partition coefficient (Wildman–Crippen LogP) is 4.13. The summed E-state index contributed by atoms with van der Waals surface area (Å²) < 4.78 is 41.2. The lowest BCUT2D eigenvalue weighted by molar-refractivity contribution is -0.137. The monoisotopic (exact) mass is 462 g/mol. The molecule has 0 aliphatic carbocycles. The van der Waals surface area contributed by atoms with Crippen LogP contribution < -0.4 is 0 Å². The lowest BCUT2D eigenvalue weighted by Crippen LogP contribution is -2.48. The van der Waals surface area contributed by atoms with E-state index in [0.717, 1.165) is 18.5 Å². The molecule has 0 atom stereocenters. The van der Waals surface area contributed by atoms with Crippen LogP contribution in [0.25, 0.3) is 16.9 Å². The van der Waals surface area contributed by atoms with Crippen LogP contribution in [0.2, 0.25) is 5.02 Å². The molecule has 1 aromatic heterocycles. The zero-order valence-electron chi connectivity index (χ0n) is 16.7. The van der Waals surface area contributed by atoms with E-state index in [0.29, 0.717) is 42.6 Å². The minimum Gasteiger partial charge on any atom is -0.342 e. The van der Waals surface area contributed by atoms with Crippen molar-refractivity contribution in [2.45, 2.75) is 6.18 Å². The number of nitrogens with zero attached hydrogens (tertiary/aromatic N) is 4. The van der Waals surface area contributed by atoms with E-state index in [1.165, 1.54) is 22.9 Å². The first kappa shape index (κ1) is 21.9. The molecule has 1 fully saturated rings. The average molecular weight is 463 g/mol. The van der Waals surface area contributed by atoms with Crippen molar-refractivity contribution < 1.29 is 22.8 Å². The summed E-state index contributed by atoms with van der Waals surface area (Å²) in [5, 5.41) is 4.83. The van der Waals surface area contributed by atoms with Crippen LogP contribution in [0, 0.1) is 0 Å². The van der Waals surface area contributed by atoms with Crippen LogP contribution >= 0.6 is 11.6 Å². The van der Waals surface area contributed by atoms with Gasteiger partial charge in [0.25, 0.3) is 5.91 Å². The zero-order chi connectivity index (χ0) is 22.9. The molecular weight excluding hydrogens is 445 g/mol. The Morgan fingerprint density at radius 2 is 1.72 bits per heavy atom. The van der Waals surface area contributed by atoms with E-state index in [1.807, 2.05) is 0 Å². The summed E-state index contributed by atoms with van der Waals surface area (Å²) in [4.78, 5) is 27.1. The lowest BCUT2D eigenvalue weighted by Gasteiger charge is -2.32. The molecule has 0 spiro atoms. The molecule has 0 N–H and O–H groups in total. The van der Waals surface area contributed by atoms with Gasteiger partial charge in [-0.1, -0.05) is 29.8 Å². The highest BCUT2D eigenvalue weighted by molar-refractivity contribution is 6.30. The molecule has 4 rings (SSSR count). The Hall–Kier alpha value is -3.33. The Bertz CT molecular complexity index is 1150. The van der Waals surface area contributed by atoms with Gasteiger partial charge < -0.3 is 9.80 Å². The number of halogens is 4. The number of alkyl halides is 3. The van der Waals surface area contributed by atoms with Crippen LogP contribution in [-0.4, -0.2) is 58.1 Å². The Labute approximate surface area is 186 Å². The van der Waals surface area contributed by atoms with Crippen molar-refractivity contribution in [3.63, 3.8) is 0 Å². The predicted molar refractivity (Wildman–Crippen MR) is 113 cm³/mol. The molecule has 32 heavy (non-hydrogen) atoms. The summed E-state index contributed by atoms with van der Waals surface area (Å²) in [6.45, 7) is 1.51. The minimum atomic E-state index is -4.51. The first-order chi connectivity index (χ1) is 15.3. The van der Waals surface area contributed by atoms with Crippen molar-refractivity contribution >= 4 is 23.9 Å². The third kappa shape index (κ3) is 4.47. The maximum Gasteiger partial charge on any atom is 0.416 e. The smallest absolute Gasteiger partial charge is 0.342 e. The number of rotatable bonds is 4. The first-order valence-corrected chi connectivity index (χ1v) is 10.2. The highest BCUT2D eigenvalue weighted by atomic mass is 35.5. The molecule has 2 amide bonds. The van der Waals surface area contributed by atoms with Gasteiger partial charge in [0.15, 0.2) is 5.69 Å². The van der Waals surface area contributed by atoms with Crippen molar-refractivity contribution in [2.24, 2.45) is 0 Å². The fourth-order valence-electron chi connectivity index (χ4n) is 3.54. The van der Waals surface area contributed by atoms with Crippen LogP contribution in [-0.2, 0) is 11.0 Å². The third-order valence-corrected chi connectivity index (χ3v) is 5.45. The van der Waals surface area contributed by atoms with E-state index in [4.69, 9.17) is 11.6 Å². The number of carbonyl (C=O) groups excluding carboxylic acids is 2. The Morgan fingerprint density at radius 1 is 1.00 bits per heavy atom. The van der Waals surface area contributed by atoms with Gasteiger partial charge in [-0.2, -0.15) is 18.3 Å². The molecule has 2 aromatic carbocycles. The van der Waals surface area contributed by atoms with Crippen molar-refractivity contribution in [3.05, 3.63) is 70.9 Å². The van der Waals surface area contributed by atoms with E-state index in [2.05, 4.69) is 5.10 Å². The normalized spacial score (nSPS) is 14.5. The Kier molecular flexibility index (Phi) is 5.92. The molecule has 0 bridgehead atoms. The Balaban J connectivity index is 1.76. The highest BCUT2D eigenvalue weighted by Gasteiger charge is 2.31. The van der Waals surface area contributed by atoms with Crippen molar-refractivity contribution in [1.82, 2.24) is 19.6 Å². The van der Waals surface area contributed by atoms with E-state index < -0.39 is 11.7 Å². The van der Waals surface area contributed by atoms with Gasteiger partial charge in [-0.05, 0) is 36.4 Å². The van der Waals surface area contributed by atoms with Gasteiger partial charge in [-0.25, -0.2) is 4.68 Å². The van der Waals surface area contributed by atoms with Crippen LogP contribution in [0.15, 0.2) is 54.6 Å². The SMILES string of the molecule is O=CN1CCN(C(=O)c2cc(-c3cccc(C(F)(F)F)c3)n(-c3cccc(Cl)c3)n2)CC1. The largest absolute Gasteiger partial charge is 0.416 e. The molecule has 1 saturated heterocycles. The summed E-state index contributed by atoms with van der Waals surface area (Å²) in [7, 11) is 0. The van der Waals surface area contributed by atoms with E-state index >= 15 is 0 Å². The molecule has 0 saturated carbocycles. The third-order valence-electron chi connectivity index (χ3n) is 5.22. The fraction of sp³-hybridized carbons (Fsp3) is 0.227. The summed E-state index contributed by atoms with van der Waals surface area (Å²) in [5.41, 5.74) is 0.392. The van der Waals surface area contributed by atoms with Crippen molar-refractivity contribution in [1.29, 1.82) is 0 Å². The van der Waals surface area contributed by atoms with Gasteiger partial charge in [0.05, 0.1) is 16.9 Å². The first-order valence-electron chi connectivity index (χ1n) is 9.78. The second-order valence-corrected chi connectivity index (χ2v) is 7.76. The van der Waals surface area contributed by atoms with Crippen LogP contribution in [0.5, 0.6) is 0 Å². The highest BCUT2D eigenvalue weighted by Crippen LogP contribution is 2.33. The molecule has 166 valence electrons. The minimum absolute atomic E-state index is 0.0944. The molecule has 1 aliphatic heterocycles. The number of hydrogen-bond acceptors (Lipinski definition) is 3. The molecule has 1 aliphatic rings. The number of carbonyl (C=O) groups is 2. The molecule has 2 heterocycles. The van der Waals surface area contributed by atoms with Gasteiger partial charge in [-0.3, -0.25) is 9.59 Å². The molecule has 0 radical (unpaired) electrons. The van der Waals surface area contributed by atoms with Crippen LogP contribution in [0.3, 0.4) is 0 Å². The molecule has 0 unspecified atom stereocenters. The number of aromatic nitrogens is 2. The fourth-order valence-corrected chi connectivity index (χ4v) is 3.73. The van der Waals surface area contributed by atoms with Crippen LogP contribution in [0.1, 0.15) is 16.1 Å². The number of piperazine rings is 1. The summed E-state index contributed by atoms with van der Waals surface area (Å²) in [5.74, 6) is -0.357. The van der Waals surface area contributed by atoms with E-state index in [9.17, 15) is 22.8 Å². The Morgan fingerprint density at radius 3 is 2.38 bits per heavy atom. The standard InChI is InChI=1S/C22H18ClF3N4O2/c23-17-5-2-6-18(12-17)30-20(15-3-1-4-16(11-15)22(24,25)26)13-19(27-30)21(32)29-9-7-28(14-31)8-10-29/h1-6,11-14H,7-10H2. The quantitative estimate of drug-likeness (QED) is 0.548. The topological polar surface area (TPSA) is 58.4 Å². The van der Waals surface area contributed by atoms with Crippen LogP contribution in [0.4, 0.5) is 13.2 Å². The molecule has 6 nitrogen and oxygen atoms in total. The van der Waals surface area contributed by atoms with Gasteiger partial charge in [0.1, 0.15) is 0 Å². The van der Waals surface area contributed by atoms with Crippen molar-refractivity contribution in [3.8, 4) is 16.9 Å². The van der Waals surface area contributed by atoms with Gasteiger partial charge in [0.2, 0.25) is 6.41 Å². The second-order valence-electron chi connectivity index (χ2n) is 7.32. The maximum absolute atomic E-state index is 13.3. The summed E-state index contributed by atoms with van der Waals surface area (Å²) in [6, 6.07) is 13.0. The number of benzene rings is 2. The second kappa shape index (κ2) is 8.66. The summed E-state index contributed by atoms with van der Waals surface area (Å²) in [6.07, 6.45) is -3.77. The van der Waals surface area contributed by atoms with Gasteiger partial charge >= 0.3 is 6.18 Å². The van der Waals surface area contributed by atoms with Gasteiger partial charge in [0, 0.05) is 36.8 Å². The van der Waals surface area contributed by atoms with Gasteiger partial charge in [-0.15, -0.1) is 0 Å². The zero-order valence-corrected chi connectivity index (χ0v) is 17.5. The molecule has 3 aromatic rings. The molecular formula is C22H18ClF3N4O2. The molecule has 10 heteroatoms.